The fraction of sp³-hybridized carbons (Fsp3) is 0.542. The number of rotatable bonds is 6. The Morgan fingerprint density at radius 1 is 1.35 bits per heavy atom. The van der Waals surface area contributed by atoms with Crippen LogP contribution in [0, 0.1) is 5.41 Å². The Labute approximate surface area is 215 Å². The first-order valence-electron chi connectivity index (χ1n) is 11.7. The molecule has 1 aromatic carbocycles. The van der Waals surface area contributed by atoms with E-state index in [1.165, 1.54) is 0 Å². The van der Waals surface area contributed by atoms with Crippen LogP contribution in [0.2, 0.25) is 0 Å². The SMILES string of the molecule is CN1CCC(Nc2cccc3c(CC(F)(F)F)c(-c4noc(C(OC(N)=O)C(C)(C)C)n4)sc23)C(F)C1. The maximum atomic E-state index is 14.7. The number of likely N-dealkylation sites (tertiary alicyclic amines) is 1. The number of nitrogens with one attached hydrogen (secondary N) is 1. The van der Waals surface area contributed by atoms with Crippen LogP contribution in [0.3, 0.4) is 0 Å². The number of alkyl halides is 4. The molecule has 0 spiro atoms. The fourth-order valence-electron chi connectivity index (χ4n) is 4.41. The number of amides is 1. The molecule has 3 aromatic rings. The normalized spacial score (nSPS) is 20.2. The zero-order valence-electron chi connectivity index (χ0n) is 20.9. The molecule has 13 heteroatoms. The van der Waals surface area contributed by atoms with Gasteiger partial charge in [-0.2, -0.15) is 18.2 Å². The summed E-state index contributed by atoms with van der Waals surface area (Å²) in [5, 5.41) is 7.50. The number of halogens is 4. The van der Waals surface area contributed by atoms with Gasteiger partial charge in [0.1, 0.15) is 6.17 Å². The molecule has 1 fully saturated rings. The molecule has 3 atom stereocenters. The first-order valence-corrected chi connectivity index (χ1v) is 12.5. The van der Waals surface area contributed by atoms with E-state index in [0.717, 1.165) is 11.3 Å². The Morgan fingerprint density at radius 2 is 2.08 bits per heavy atom. The lowest BCUT2D eigenvalue weighted by molar-refractivity contribution is -0.126. The van der Waals surface area contributed by atoms with Crippen LogP contribution >= 0.6 is 11.3 Å². The van der Waals surface area contributed by atoms with Crippen LogP contribution in [0.5, 0.6) is 0 Å². The van der Waals surface area contributed by atoms with Crippen molar-refractivity contribution < 1.29 is 31.6 Å². The number of piperidine rings is 1. The summed E-state index contributed by atoms with van der Waals surface area (Å²) in [5.74, 6) is -0.145. The van der Waals surface area contributed by atoms with Gasteiger partial charge in [0.2, 0.25) is 5.82 Å². The van der Waals surface area contributed by atoms with E-state index < -0.39 is 42.4 Å². The molecule has 1 amide bonds. The minimum atomic E-state index is -4.50. The van der Waals surface area contributed by atoms with Crippen LogP contribution in [0.25, 0.3) is 20.8 Å². The van der Waals surface area contributed by atoms with E-state index in [4.69, 9.17) is 15.0 Å². The highest BCUT2D eigenvalue weighted by Crippen LogP contribution is 2.44. The molecule has 1 aliphatic rings. The standard InChI is InChI=1S/C24H29F4N5O3S/c1-23(2,3)19(35-22(29)34)21-31-20(32-36-21)18-13(10-24(26,27)28)12-6-5-7-16(17(12)37-18)30-15-8-9-33(4)11-14(15)25/h5-7,14-15,19,30H,8-11H2,1-4H3,(H2,29,34). The zero-order valence-corrected chi connectivity index (χ0v) is 21.7. The highest BCUT2D eigenvalue weighted by molar-refractivity contribution is 7.23. The second-order valence-corrected chi connectivity index (χ2v) is 11.4. The van der Waals surface area contributed by atoms with E-state index in [9.17, 15) is 22.4 Å². The summed E-state index contributed by atoms with van der Waals surface area (Å²) in [7, 11) is 1.84. The third-order valence-corrected chi connectivity index (χ3v) is 7.45. The molecule has 3 heterocycles. The van der Waals surface area contributed by atoms with E-state index in [1.807, 2.05) is 11.9 Å². The number of hydrogen-bond donors (Lipinski definition) is 2. The Kier molecular flexibility index (Phi) is 7.39. The number of anilines is 1. The van der Waals surface area contributed by atoms with Crippen molar-refractivity contribution in [3.05, 3.63) is 29.7 Å². The molecule has 1 aliphatic heterocycles. The summed E-state index contributed by atoms with van der Waals surface area (Å²) in [6.45, 7) is 6.27. The number of primary amides is 1. The summed E-state index contributed by atoms with van der Waals surface area (Å²) in [6.07, 6.45) is -8.33. The van der Waals surface area contributed by atoms with E-state index >= 15 is 0 Å². The molecule has 0 aliphatic carbocycles. The molecule has 202 valence electrons. The molecule has 0 bridgehead atoms. The van der Waals surface area contributed by atoms with Crippen LogP contribution in [0.15, 0.2) is 22.7 Å². The van der Waals surface area contributed by atoms with Crippen molar-refractivity contribution in [3.8, 4) is 10.7 Å². The van der Waals surface area contributed by atoms with E-state index in [-0.39, 0.29) is 28.7 Å². The maximum Gasteiger partial charge on any atom is 0.405 e. The number of thiophene rings is 1. The number of hydrogen-bond acceptors (Lipinski definition) is 8. The van der Waals surface area contributed by atoms with Gasteiger partial charge in [-0.1, -0.05) is 38.1 Å². The summed E-state index contributed by atoms with van der Waals surface area (Å²) < 4.78 is 66.6. The van der Waals surface area contributed by atoms with Gasteiger partial charge in [0.05, 0.1) is 27.7 Å². The highest BCUT2D eigenvalue weighted by Gasteiger charge is 2.37. The number of aromatic nitrogens is 2. The van der Waals surface area contributed by atoms with Gasteiger partial charge in [-0.05, 0) is 30.5 Å². The van der Waals surface area contributed by atoms with Crippen molar-refractivity contribution in [2.24, 2.45) is 11.1 Å². The minimum absolute atomic E-state index is 0.00759. The topological polar surface area (TPSA) is 107 Å². The predicted octanol–water partition coefficient (Wildman–Crippen LogP) is 5.69. The first-order chi connectivity index (χ1) is 17.2. The van der Waals surface area contributed by atoms with Crippen molar-refractivity contribution in [2.45, 2.75) is 58.1 Å². The van der Waals surface area contributed by atoms with Gasteiger partial charge in [0.25, 0.3) is 5.89 Å². The van der Waals surface area contributed by atoms with Crippen LogP contribution < -0.4 is 11.1 Å². The molecule has 37 heavy (non-hydrogen) atoms. The van der Waals surface area contributed by atoms with E-state index in [1.54, 1.807) is 39.0 Å². The first kappa shape index (κ1) is 27.1. The third-order valence-electron chi connectivity index (χ3n) is 6.17. The molecular formula is C24H29F4N5O3S. The average Bonchev–Trinajstić information content (AvgIpc) is 3.38. The van der Waals surface area contributed by atoms with Gasteiger partial charge in [0.15, 0.2) is 6.10 Å². The highest BCUT2D eigenvalue weighted by atomic mass is 32.1. The summed E-state index contributed by atoms with van der Waals surface area (Å²) in [6, 6.07) is 4.50. The molecular weight excluding hydrogens is 514 g/mol. The number of nitrogens with zero attached hydrogens (tertiary/aromatic N) is 3. The van der Waals surface area contributed by atoms with Crippen LogP contribution in [-0.4, -0.2) is 59.7 Å². The van der Waals surface area contributed by atoms with Crippen molar-refractivity contribution in [1.82, 2.24) is 15.0 Å². The lowest BCUT2D eigenvalue weighted by Crippen LogP contribution is -2.46. The predicted molar refractivity (Wildman–Crippen MR) is 132 cm³/mol. The monoisotopic (exact) mass is 543 g/mol. The second kappa shape index (κ2) is 10.1. The van der Waals surface area contributed by atoms with Gasteiger partial charge in [0, 0.05) is 18.5 Å². The molecule has 3 unspecified atom stereocenters. The molecule has 3 N–H and O–H groups in total. The minimum Gasteiger partial charge on any atom is -0.436 e. The molecule has 0 saturated carbocycles. The Balaban J connectivity index is 1.78. The van der Waals surface area contributed by atoms with Crippen molar-refractivity contribution in [2.75, 3.05) is 25.5 Å². The smallest absolute Gasteiger partial charge is 0.405 e. The number of benzene rings is 1. The summed E-state index contributed by atoms with van der Waals surface area (Å²) in [5.41, 5.74) is 5.05. The third kappa shape index (κ3) is 6.15. The van der Waals surface area contributed by atoms with E-state index in [0.29, 0.717) is 28.7 Å². The largest absolute Gasteiger partial charge is 0.436 e. The van der Waals surface area contributed by atoms with Crippen LogP contribution in [-0.2, 0) is 11.2 Å². The van der Waals surface area contributed by atoms with Crippen LogP contribution in [0.1, 0.15) is 44.8 Å². The fourth-order valence-corrected chi connectivity index (χ4v) is 5.63. The van der Waals surface area contributed by atoms with Gasteiger partial charge < -0.3 is 25.2 Å². The zero-order chi connectivity index (χ0) is 27.1. The van der Waals surface area contributed by atoms with Gasteiger partial charge in [-0.15, -0.1) is 11.3 Å². The molecule has 4 rings (SSSR count). The van der Waals surface area contributed by atoms with Crippen molar-refractivity contribution >= 4 is 33.2 Å². The number of carbonyl (C=O) groups is 1. The quantitative estimate of drug-likeness (QED) is 0.385. The van der Waals surface area contributed by atoms with Crippen molar-refractivity contribution in [3.63, 3.8) is 0 Å². The Morgan fingerprint density at radius 3 is 2.70 bits per heavy atom. The Hall–Kier alpha value is -2.93. The molecule has 2 aromatic heterocycles. The number of nitrogens with two attached hydrogens (primary N) is 1. The van der Waals surface area contributed by atoms with Crippen molar-refractivity contribution in [1.29, 1.82) is 0 Å². The number of fused-ring (bicyclic) bond motifs is 1. The lowest BCUT2D eigenvalue weighted by atomic mass is 9.89. The Bertz CT molecular complexity index is 1270. The molecule has 0 radical (unpaired) electrons. The van der Waals surface area contributed by atoms with Gasteiger partial charge >= 0.3 is 12.3 Å². The van der Waals surface area contributed by atoms with Crippen LogP contribution in [0.4, 0.5) is 28.0 Å². The molecule has 1 saturated heterocycles. The number of ether oxygens (including phenoxy) is 1. The summed E-state index contributed by atoms with van der Waals surface area (Å²) >= 11 is 1.07. The molecule has 8 nitrogen and oxygen atoms in total. The van der Waals surface area contributed by atoms with Gasteiger partial charge in [-0.3, -0.25) is 0 Å². The second-order valence-electron chi connectivity index (χ2n) is 10.3. The lowest BCUT2D eigenvalue weighted by Gasteiger charge is -2.33. The van der Waals surface area contributed by atoms with E-state index in [2.05, 4.69) is 15.5 Å². The average molecular weight is 544 g/mol. The maximum absolute atomic E-state index is 14.7. The van der Waals surface area contributed by atoms with Gasteiger partial charge in [-0.25, -0.2) is 9.18 Å². The number of carbonyl (C=O) groups excluding carboxylic acids is 1. The summed E-state index contributed by atoms with van der Waals surface area (Å²) in [4.78, 5) is 17.8.